The molecule has 1 fully saturated rings. The molecule has 114 valence electrons. The number of rotatable bonds is 4. The number of hydrogen-bond donors (Lipinski definition) is 3. The second kappa shape index (κ2) is 6.43. The number of nitrogens with two attached hydrogens (primary N) is 1. The van der Waals surface area contributed by atoms with Crippen molar-refractivity contribution in [2.24, 2.45) is 11.7 Å². The lowest BCUT2D eigenvalue weighted by Crippen LogP contribution is -2.31. The van der Waals surface area contributed by atoms with Crippen molar-refractivity contribution < 1.29 is 4.79 Å². The summed E-state index contributed by atoms with van der Waals surface area (Å²) in [6.45, 7) is 3.02. The second-order valence-electron chi connectivity index (χ2n) is 6.14. The standard InChI is InChI=1S/C16H24N4O/c17-15(21)13-9-12-3-1-2-4-14(12)20-16(13)19-10-11-5-7-18-8-6-11/h9,11,18H,1-8,10H2,(H2,17,21)(H,19,20). The Morgan fingerprint density at radius 2 is 2.10 bits per heavy atom. The highest BCUT2D eigenvalue weighted by Crippen LogP contribution is 2.25. The van der Waals surface area contributed by atoms with E-state index in [9.17, 15) is 4.79 Å². The van der Waals surface area contributed by atoms with Crippen LogP contribution in [0.1, 0.15) is 47.3 Å². The summed E-state index contributed by atoms with van der Waals surface area (Å²) in [7, 11) is 0. The van der Waals surface area contributed by atoms with E-state index in [1.165, 1.54) is 31.2 Å². The zero-order valence-corrected chi connectivity index (χ0v) is 12.5. The van der Waals surface area contributed by atoms with Gasteiger partial charge in [0, 0.05) is 12.2 Å². The topological polar surface area (TPSA) is 80.0 Å². The number of pyridine rings is 1. The number of aryl methyl sites for hydroxylation is 2. The quantitative estimate of drug-likeness (QED) is 0.784. The molecule has 1 aliphatic carbocycles. The van der Waals surface area contributed by atoms with Crippen LogP contribution < -0.4 is 16.4 Å². The molecular formula is C16H24N4O. The molecule has 1 aromatic heterocycles. The largest absolute Gasteiger partial charge is 0.369 e. The molecule has 1 aromatic rings. The first-order valence-electron chi connectivity index (χ1n) is 8.01. The third kappa shape index (κ3) is 3.35. The number of nitrogens with zero attached hydrogens (tertiary/aromatic N) is 1. The Kier molecular flexibility index (Phi) is 4.39. The van der Waals surface area contributed by atoms with E-state index in [4.69, 9.17) is 10.7 Å². The third-order valence-electron chi connectivity index (χ3n) is 4.58. The number of carbonyl (C=O) groups is 1. The molecule has 0 radical (unpaired) electrons. The van der Waals surface area contributed by atoms with Crippen LogP contribution >= 0.6 is 0 Å². The summed E-state index contributed by atoms with van der Waals surface area (Å²) in [6, 6.07) is 1.95. The number of piperidine rings is 1. The van der Waals surface area contributed by atoms with Crippen LogP contribution in [0.4, 0.5) is 5.82 Å². The minimum atomic E-state index is -0.385. The third-order valence-corrected chi connectivity index (χ3v) is 4.58. The fraction of sp³-hybridized carbons (Fsp3) is 0.625. The molecule has 0 aromatic carbocycles. The number of amides is 1. The SMILES string of the molecule is NC(=O)c1cc2c(nc1NCC1CCNCC1)CCCC2. The first kappa shape index (κ1) is 14.3. The minimum Gasteiger partial charge on any atom is -0.369 e. The molecule has 5 heteroatoms. The Balaban J connectivity index is 1.77. The number of nitrogens with one attached hydrogen (secondary N) is 2. The summed E-state index contributed by atoms with van der Waals surface area (Å²) < 4.78 is 0. The van der Waals surface area contributed by atoms with Gasteiger partial charge in [0.05, 0.1) is 5.56 Å². The summed E-state index contributed by atoms with van der Waals surface area (Å²) in [5, 5.41) is 6.74. The summed E-state index contributed by atoms with van der Waals surface area (Å²) in [5.41, 5.74) is 8.41. The van der Waals surface area contributed by atoms with E-state index in [0.29, 0.717) is 17.3 Å². The molecule has 2 aliphatic rings. The lowest BCUT2D eigenvalue weighted by atomic mass is 9.94. The molecule has 5 nitrogen and oxygen atoms in total. The van der Waals surface area contributed by atoms with Crippen LogP contribution in [0.3, 0.4) is 0 Å². The predicted octanol–water partition coefficient (Wildman–Crippen LogP) is 1.47. The van der Waals surface area contributed by atoms with Crippen molar-refractivity contribution in [2.45, 2.75) is 38.5 Å². The van der Waals surface area contributed by atoms with Crippen molar-refractivity contribution in [3.63, 3.8) is 0 Å². The smallest absolute Gasteiger partial charge is 0.252 e. The van der Waals surface area contributed by atoms with Crippen molar-refractivity contribution in [1.82, 2.24) is 10.3 Å². The van der Waals surface area contributed by atoms with Gasteiger partial charge in [0.1, 0.15) is 5.82 Å². The van der Waals surface area contributed by atoms with Crippen LogP contribution in [0.25, 0.3) is 0 Å². The molecule has 0 spiro atoms. The Hall–Kier alpha value is -1.62. The van der Waals surface area contributed by atoms with Gasteiger partial charge in [0.25, 0.3) is 5.91 Å². The number of primary amides is 1. The molecule has 2 heterocycles. The van der Waals surface area contributed by atoms with Crippen LogP contribution in [0.15, 0.2) is 6.07 Å². The van der Waals surface area contributed by atoms with Gasteiger partial charge in [-0.25, -0.2) is 4.98 Å². The first-order valence-corrected chi connectivity index (χ1v) is 8.01. The monoisotopic (exact) mass is 288 g/mol. The van der Waals surface area contributed by atoms with Gasteiger partial charge in [-0.1, -0.05) is 0 Å². The van der Waals surface area contributed by atoms with Crippen molar-refractivity contribution in [3.8, 4) is 0 Å². The molecule has 1 aliphatic heterocycles. The molecule has 21 heavy (non-hydrogen) atoms. The average molecular weight is 288 g/mol. The lowest BCUT2D eigenvalue weighted by Gasteiger charge is -2.24. The van der Waals surface area contributed by atoms with Crippen molar-refractivity contribution >= 4 is 11.7 Å². The second-order valence-corrected chi connectivity index (χ2v) is 6.14. The molecular weight excluding hydrogens is 264 g/mol. The maximum Gasteiger partial charge on any atom is 0.252 e. The van der Waals surface area contributed by atoms with Gasteiger partial charge < -0.3 is 16.4 Å². The van der Waals surface area contributed by atoms with Crippen molar-refractivity contribution in [2.75, 3.05) is 25.0 Å². The van der Waals surface area contributed by atoms with E-state index >= 15 is 0 Å². The maximum absolute atomic E-state index is 11.7. The van der Waals surface area contributed by atoms with E-state index in [1.807, 2.05) is 6.07 Å². The summed E-state index contributed by atoms with van der Waals surface area (Å²) >= 11 is 0. The number of fused-ring (bicyclic) bond motifs is 1. The summed E-state index contributed by atoms with van der Waals surface area (Å²) in [5.74, 6) is 0.940. The highest BCUT2D eigenvalue weighted by atomic mass is 16.1. The predicted molar refractivity (Wildman–Crippen MR) is 83.5 cm³/mol. The van der Waals surface area contributed by atoms with Crippen LogP contribution in [0, 0.1) is 5.92 Å². The van der Waals surface area contributed by atoms with E-state index in [0.717, 1.165) is 38.2 Å². The fourth-order valence-electron chi connectivity index (χ4n) is 3.28. The lowest BCUT2D eigenvalue weighted by molar-refractivity contribution is 0.100. The fourth-order valence-corrected chi connectivity index (χ4v) is 3.28. The van der Waals surface area contributed by atoms with Crippen LogP contribution in [-0.4, -0.2) is 30.5 Å². The van der Waals surface area contributed by atoms with E-state index < -0.39 is 0 Å². The van der Waals surface area contributed by atoms with E-state index in [2.05, 4.69) is 10.6 Å². The molecule has 0 bridgehead atoms. The number of carbonyl (C=O) groups excluding carboxylic acids is 1. The minimum absolute atomic E-state index is 0.385. The highest BCUT2D eigenvalue weighted by Gasteiger charge is 2.19. The summed E-state index contributed by atoms with van der Waals surface area (Å²) in [4.78, 5) is 16.4. The Labute approximate surface area is 125 Å². The molecule has 0 unspecified atom stereocenters. The average Bonchev–Trinajstić information content (AvgIpc) is 2.53. The van der Waals surface area contributed by atoms with E-state index in [1.54, 1.807) is 0 Å². The zero-order valence-electron chi connectivity index (χ0n) is 12.5. The van der Waals surface area contributed by atoms with Crippen molar-refractivity contribution in [3.05, 3.63) is 22.9 Å². The number of hydrogen-bond acceptors (Lipinski definition) is 4. The van der Waals surface area contributed by atoms with Crippen molar-refractivity contribution in [1.29, 1.82) is 0 Å². The normalized spacial score (nSPS) is 19.0. The number of anilines is 1. The molecule has 1 saturated heterocycles. The number of aromatic nitrogens is 1. The first-order chi connectivity index (χ1) is 10.2. The molecule has 3 rings (SSSR count). The van der Waals surface area contributed by atoms with Crippen LogP contribution in [0.5, 0.6) is 0 Å². The van der Waals surface area contributed by atoms with Gasteiger partial charge in [-0.2, -0.15) is 0 Å². The molecule has 0 atom stereocenters. The van der Waals surface area contributed by atoms with Crippen LogP contribution in [0.2, 0.25) is 0 Å². The van der Waals surface area contributed by atoms with Gasteiger partial charge >= 0.3 is 0 Å². The highest BCUT2D eigenvalue weighted by molar-refractivity contribution is 5.97. The van der Waals surface area contributed by atoms with Gasteiger partial charge in [-0.15, -0.1) is 0 Å². The van der Waals surface area contributed by atoms with Crippen LogP contribution in [-0.2, 0) is 12.8 Å². The van der Waals surface area contributed by atoms with Gasteiger partial charge in [-0.05, 0) is 69.2 Å². The van der Waals surface area contributed by atoms with Gasteiger partial charge in [0.2, 0.25) is 0 Å². The Morgan fingerprint density at radius 3 is 2.86 bits per heavy atom. The van der Waals surface area contributed by atoms with Gasteiger partial charge in [-0.3, -0.25) is 4.79 Å². The Morgan fingerprint density at radius 1 is 1.33 bits per heavy atom. The maximum atomic E-state index is 11.7. The molecule has 4 N–H and O–H groups in total. The molecule has 1 amide bonds. The zero-order chi connectivity index (χ0) is 14.7. The summed E-state index contributed by atoms with van der Waals surface area (Å²) in [6.07, 6.45) is 6.72. The van der Waals surface area contributed by atoms with Gasteiger partial charge in [0.15, 0.2) is 0 Å². The Bertz CT molecular complexity index is 523. The molecule has 0 saturated carbocycles. The van der Waals surface area contributed by atoms with E-state index in [-0.39, 0.29) is 5.91 Å².